The zero-order chi connectivity index (χ0) is 6.78. The van der Waals surface area contributed by atoms with Gasteiger partial charge in [0.1, 0.15) is 5.60 Å². The Kier molecular flexibility index (Phi) is 1.98. The van der Waals surface area contributed by atoms with Crippen LogP contribution < -0.4 is 0 Å². The summed E-state index contributed by atoms with van der Waals surface area (Å²) in [5.41, 5.74) is -1.13. The van der Waals surface area contributed by atoms with Crippen molar-refractivity contribution in [3.8, 4) is 0 Å². The van der Waals surface area contributed by atoms with E-state index in [9.17, 15) is 0 Å². The Hall–Kier alpha value is -0.570. The van der Waals surface area contributed by atoms with Gasteiger partial charge in [-0.15, -0.1) is 0 Å². The SMILES string of the molecule is COC(=N)C(C)(C)O. The Morgan fingerprint density at radius 1 is 1.62 bits per heavy atom. The maximum Gasteiger partial charge on any atom is 0.212 e. The molecule has 0 rings (SSSR count). The van der Waals surface area contributed by atoms with Crippen molar-refractivity contribution >= 4 is 5.90 Å². The van der Waals surface area contributed by atoms with Gasteiger partial charge in [0.25, 0.3) is 0 Å². The van der Waals surface area contributed by atoms with Crippen molar-refractivity contribution in [2.24, 2.45) is 0 Å². The minimum atomic E-state index is -1.13. The van der Waals surface area contributed by atoms with Crippen molar-refractivity contribution in [1.82, 2.24) is 0 Å². The fraction of sp³-hybridized carbons (Fsp3) is 0.800. The second-order valence-electron chi connectivity index (χ2n) is 2.09. The average molecular weight is 117 g/mol. The number of rotatable bonds is 1. The standard InChI is InChI=1S/C5H11NO2/c1-5(2,7)4(6)8-3/h6-7H,1-3H3. The van der Waals surface area contributed by atoms with Crippen LogP contribution in [0, 0.1) is 5.41 Å². The van der Waals surface area contributed by atoms with Gasteiger partial charge in [0, 0.05) is 0 Å². The van der Waals surface area contributed by atoms with E-state index < -0.39 is 5.60 Å². The lowest BCUT2D eigenvalue weighted by molar-refractivity contribution is 0.122. The molecule has 2 N–H and O–H groups in total. The summed E-state index contributed by atoms with van der Waals surface area (Å²) >= 11 is 0. The molecule has 0 spiro atoms. The molecule has 0 aliphatic rings. The molecule has 0 saturated heterocycles. The van der Waals surface area contributed by atoms with E-state index in [1.807, 2.05) is 0 Å². The third kappa shape index (κ3) is 1.93. The van der Waals surface area contributed by atoms with Gasteiger partial charge < -0.3 is 9.84 Å². The van der Waals surface area contributed by atoms with Gasteiger partial charge in [-0.2, -0.15) is 0 Å². The number of nitrogens with one attached hydrogen (secondary N) is 1. The number of ether oxygens (including phenoxy) is 1. The highest BCUT2D eigenvalue weighted by molar-refractivity contribution is 5.80. The number of methoxy groups -OCH3 is 1. The van der Waals surface area contributed by atoms with Crippen molar-refractivity contribution in [3.63, 3.8) is 0 Å². The Morgan fingerprint density at radius 2 is 2.00 bits per heavy atom. The van der Waals surface area contributed by atoms with Crippen LogP contribution in [0.5, 0.6) is 0 Å². The molecule has 0 aromatic rings. The highest BCUT2D eigenvalue weighted by Crippen LogP contribution is 2.01. The van der Waals surface area contributed by atoms with Gasteiger partial charge in [-0.1, -0.05) is 0 Å². The molecule has 0 aromatic carbocycles. The predicted octanol–water partition coefficient (Wildman–Crippen LogP) is 0.381. The molecule has 8 heavy (non-hydrogen) atoms. The van der Waals surface area contributed by atoms with Gasteiger partial charge in [0.15, 0.2) is 0 Å². The molecule has 0 bridgehead atoms. The Morgan fingerprint density at radius 3 is 2.00 bits per heavy atom. The monoisotopic (exact) mass is 117 g/mol. The van der Waals surface area contributed by atoms with E-state index in [2.05, 4.69) is 4.74 Å². The van der Waals surface area contributed by atoms with Crippen LogP contribution in [-0.4, -0.2) is 23.7 Å². The van der Waals surface area contributed by atoms with Crippen LogP contribution in [-0.2, 0) is 4.74 Å². The minimum Gasteiger partial charge on any atom is -0.482 e. The first-order valence-corrected chi connectivity index (χ1v) is 2.34. The average Bonchev–Trinajstić information content (AvgIpc) is 1.62. The van der Waals surface area contributed by atoms with E-state index in [4.69, 9.17) is 10.5 Å². The van der Waals surface area contributed by atoms with E-state index >= 15 is 0 Å². The first-order valence-electron chi connectivity index (χ1n) is 2.34. The number of hydrogen-bond acceptors (Lipinski definition) is 3. The fourth-order valence-corrected chi connectivity index (χ4v) is 0.250. The molecule has 0 heterocycles. The molecule has 0 unspecified atom stereocenters. The van der Waals surface area contributed by atoms with Crippen molar-refractivity contribution < 1.29 is 9.84 Å². The molecule has 3 nitrogen and oxygen atoms in total. The molecule has 0 radical (unpaired) electrons. The zero-order valence-corrected chi connectivity index (χ0v) is 5.36. The largest absolute Gasteiger partial charge is 0.482 e. The molecule has 0 aliphatic heterocycles. The quantitative estimate of drug-likeness (QED) is 0.385. The summed E-state index contributed by atoms with van der Waals surface area (Å²) in [6.45, 7) is 3.00. The van der Waals surface area contributed by atoms with E-state index in [-0.39, 0.29) is 5.90 Å². The molecule has 0 atom stereocenters. The Labute approximate surface area is 48.8 Å². The fourth-order valence-electron chi connectivity index (χ4n) is 0.250. The van der Waals surface area contributed by atoms with Crippen LogP contribution >= 0.6 is 0 Å². The second kappa shape index (κ2) is 2.13. The third-order valence-corrected chi connectivity index (χ3v) is 0.760. The highest BCUT2D eigenvalue weighted by atomic mass is 16.5. The first kappa shape index (κ1) is 7.43. The van der Waals surface area contributed by atoms with E-state index in [0.717, 1.165) is 0 Å². The molecule has 3 heteroatoms. The van der Waals surface area contributed by atoms with Gasteiger partial charge in [-0.3, -0.25) is 5.41 Å². The number of hydrogen-bond donors (Lipinski definition) is 2. The summed E-state index contributed by atoms with van der Waals surface area (Å²) in [6.07, 6.45) is 0. The third-order valence-electron chi connectivity index (χ3n) is 0.760. The molecule has 0 amide bonds. The van der Waals surface area contributed by atoms with Gasteiger partial charge in [0.2, 0.25) is 5.90 Å². The van der Waals surface area contributed by atoms with E-state index in [0.29, 0.717) is 0 Å². The van der Waals surface area contributed by atoms with Crippen LogP contribution in [0.4, 0.5) is 0 Å². The van der Waals surface area contributed by atoms with Gasteiger partial charge >= 0.3 is 0 Å². The van der Waals surface area contributed by atoms with Crippen LogP contribution in [0.25, 0.3) is 0 Å². The minimum absolute atomic E-state index is 0.113. The van der Waals surface area contributed by atoms with Gasteiger partial charge in [-0.25, -0.2) is 0 Å². The van der Waals surface area contributed by atoms with Gasteiger partial charge in [-0.05, 0) is 13.8 Å². The smallest absolute Gasteiger partial charge is 0.212 e. The molecule has 0 aliphatic carbocycles. The molecule has 0 saturated carbocycles. The van der Waals surface area contributed by atoms with Crippen molar-refractivity contribution in [2.75, 3.05) is 7.11 Å². The van der Waals surface area contributed by atoms with Crippen molar-refractivity contribution in [3.05, 3.63) is 0 Å². The topological polar surface area (TPSA) is 53.3 Å². The first-order chi connectivity index (χ1) is 3.48. The summed E-state index contributed by atoms with van der Waals surface area (Å²) in [4.78, 5) is 0. The van der Waals surface area contributed by atoms with Crippen molar-refractivity contribution in [1.29, 1.82) is 5.41 Å². The lowest BCUT2D eigenvalue weighted by Crippen LogP contribution is -2.31. The van der Waals surface area contributed by atoms with Crippen LogP contribution in [0.2, 0.25) is 0 Å². The Bertz CT molecular complexity index is 93.1. The normalized spacial score (nSPS) is 11.0. The molecule has 48 valence electrons. The highest BCUT2D eigenvalue weighted by Gasteiger charge is 2.19. The number of aliphatic hydroxyl groups is 1. The van der Waals surface area contributed by atoms with E-state index in [1.54, 1.807) is 0 Å². The molecular weight excluding hydrogens is 106 g/mol. The van der Waals surface area contributed by atoms with Gasteiger partial charge in [0.05, 0.1) is 7.11 Å². The second-order valence-corrected chi connectivity index (χ2v) is 2.09. The summed E-state index contributed by atoms with van der Waals surface area (Å²) < 4.78 is 4.45. The molecule has 0 fully saturated rings. The maximum absolute atomic E-state index is 8.94. The zero-order valence-electron chi connectivity index (χ0n) is 5.36. The van der Waals surface area contributed by atoms with Crippen molar-refractivity contribution in [2.45, 2.75) is 19.4 Å². The molecular formula is C5H11NO2. The summed E-state index contributed by atoms with van der Waals surface area (Å²) in [7, 11) is 1.36. The maximum atomic E-state index is 8.94. The van der Waals surface area contributed by atoms with Crippen LogP contribution in [0.3, 0.4) is 0 Å². The lowest BCUT2D eigenvalue weighted by atomic mass is 10.1. The summed E-state index contributed by atoms with van der Waals surface area (Å²) in [5.74, 6) is -0.113. The van der Waals surface area contributed by atoms with Crippen LogP contribution in [0.15, 0.2) is 0 Å². The van der Waals surface area contributed by atoms with E-state index in [1.165, 1.54) is 21.0 Å². The van der Waals surface area contributed by atoms with Crippen LogP contribution in [0.1, 0.15) is 13.8 Å². The molecule has 0 aromatic heterocycles. The Balaban J connectivity index is 3.82. The summed E-state index contributed by atoms with van der Waals surface area (Å²) in [5, 5.41) is 15.9. The summed E-state index contributed by atoms with van der Waals surface area (Å²) in [6, 6.07) is 0. The predicted molar refractivity (Wildman–Crippen MR) is 31.0 cm³/mol. The lowest BCUT2D eigenvalue weighted by Gasteiger charge is -2.15.